The van der Waals surface area contributed by atoms with E-state index in [0.29, 0.717) is 32.3 Å². The van der Waals surface area contributed by atoms with E-state index in [1.54, 1.807) is 30.5 Å². The first-order valence-electron chi connectivity index (χ1n) is 9.97. The number of aromatic nitrogens is 1. The molecule has 5 N–H and O–H groups in total. The number of hydrogen-bond acceptors (Lipinski definition) is 5. The number of aldehydes is 1. The van der Waals surface area contributed by atoms with Gasteiger partial charge < -0.3 is 20.8 Å². The number of hydrogen-bond donors (Lipinski definition) is 4. The van der Waals surface area contributed by atoms with Crippen LogP contribution in [0.3, 0.4) is 0 Å². The molecule has 1 saturated heterocycles. The number of benzene rings is 2. The molecular formula is C22H25Cl2FN4O2S. The Bertz CT molecular complexity index is 1050. The maximum Gasteiger partial charge on any atom is 0.219 e. The number of nitrogens with one attached hydrogen (secondary N) is 3. The number of amides is 1. The molecule has 32 heavy (non-hydrogen) atoms. The van der Waals surface area contributed by atoms with Crippen molar-refractivity contribution in [1.29, 1.82) is 0 Å². The maximum absolute atomic E-state index is 14.0. The normalized spacial score (nSPS) is 13.1. The van der Waals surface area contributed by atoms with Gasteiger partial charge in [-0.05, 0) is 56.1 Å². The maximum atomic E-state index is 14.0. The van der Waals surface area contributed by atoms with E-state index < -0.39 is 5.82 Å². The number of halogens is 3. The fraction of sp³-hybridized carbons (Fsp3) is 0.273. The molecule has 1 fully saturated rings. The summed E-state index contributed by atoms with van der Waals surface area (Å²) >= 11 is 13.3. The Morgan fingerprint density at radius 1 is 1.12 bits per heavy atom. The van der Waals surface area contributed by atoms with Gasteiger partial charge >= 0.3 is 0 Å². The largest absolute Gasteiger partial charge is 0.358 e. The minimum atomic E-state index is -0.551. The highest BCUT2D eigenvalue weighted by atomic mass is 35.5. The molecule has 2 heterocycles. The molecule has 10 heteroatoms. The van der Waals surface area contributed by atoms with Crippen LogP contribution in [-0.4, -0.2) is 30.8 Å². The SMILES string of the molecule is CN.O=C1CCCCCN1.O=Cc1cccc(SNc2ccc(Cl)c3c(Cl)c[nH]c23)c1F. The highest BCUT2D eigenvalue weighted by Gasteiger charge is 2.12. The lowest BCUT2D eigenvalue weighted by atomic mass is 10.2. The first-order valence-corrected chi connectivity index (χ1v) is 11.5. The molecule has 0 unspecified atom stereocenters. The summed E-state index contributed by atoms with van der Waals surface area (Å²) in [5.41, 5.74) is 5.97. The minimum Gasteiger partial charge on any atom is -0.358 e. The fourth-order valence-electron chi connectivity index (χ4n) is 2.96. The quantitative estimate of drug-likeness (QED) is 0.269. The molecule has 4 rings (SSSR count). The van der Waals surface area contributed by atoms with Crippen molar-refractivity contribution in [2.75, 3.05) is 18.3 Å². The van der Waals surface area contributed by atoms with Gasteiger partial charge in [-0.3, -0.25) is 9.59 Å². The Hall–Kier alpha value is -2.26. The van der Waals surface area contributed by atoms with Crippen molar-refractivity contribution in [3.05, 3.63) is 58.0 Å². The lowest BCUT2D eigenvalue weighted by Gasteiger charge is -2.09. The van der Waals surface area contributed by atoms with Crippen LogP contribution in [-0.2, 0) is 4.79 Å². The van der Waals surface area contributed by atoms with Crippen molar-refractivity contribution in [1.82, 2.24) is 10.3 Å². The van der Waals surface area contributed by atoms with Crippen LogP contribution in [0.4, 0.5) is 10.1 Å². The molecule has 0 atom stereocenters. The summed E-state index contributed by atoms with van der Waals surface area (Å²) in [5, 5.41) is 4.56. The second-order valence-corrected chi connectivity index (χ2v) is 8.29. The zero-order chi connectivity index (χ0) is 23.5. The van der Waals surface area contributed by atoms with Crippen molar-refractivity contribution >= 4 is 63.9 Å². The number of carbonyl (C=O) groups excluding carboxylic acids is 2. The molecule has 1 aliphatic rings. The van der Waals surface area contributed by atoms with Crippen LogP contribution >= 0.6 is 35.1 Å². The average molecular weight is 499 g/mol. The molecule has 0 radical (unpaired) electrons. The number of H-pyrrole nitrogens is 1. The van der Waals surface area contributed by atoms with Gasteiger partial charge in [-0.2, -0.15) is 0 Å². The lowest BCUT2D eigenvalue weighted by molar-refractivity contribution is -0.120. The van der Waals surface area contributed by atoms with Crippen molar-refractivity contribution < 1.29 is 14.0 Å². The summed E-state index contributed by atoms with van der Waals surface area (Å²) in [4.78, 5) is 24.7. The number of carbonyl (C=O) groups is 2. The summed E-state index contributed by atoms with van der Waals surface area (Å²) < 4.78 is 17.1. The number of aromatic amines is 1. The predicted octanol–water partition coefficient (Wildman–Crippen LogP) is 5.80. The predicted molar refractivity (Wildman–Crippen MR) is 131 cm³/mol. The van der Waals surface area contributed by atoms with Gasteiger partial charge in [-0.25, -0.2) is 4.39 Å². The van der Waals surface area contributed by atoms with Crippen molar-refractivity contribution in [3.8, 4) is 0 Å². The highest BCUT2D eigenvalue weighted by Crippen LogP contribution is 2.36. The van der Waals surface area contributed by atoms with E-state index in [4.69, 9.17) is 23.2 Å². The Morgan fingerprint density at radius 3 is 2.66 bits per heavy atom. The van der Waals surface area contributed by atoms with E-state index in [-0.39, 0.29) is 11.5 Å². The molecule has 6 nitrogen and oxygen atoms in total. The third kappa shape index (κ3) is 6.87. The number of nitrogens with two attached hydrogens (primary N) is 1. The number of fused-ring (bicyclic) bond motifs is 1. The Kier molecular flexibility index (Phi) is 10.8. The average Bonchev–Trinajstić information content (AvgIpc) is 3.04. The highest BCUT2D eigenvalue weighted by molar-refractivity contribution is 8.00. The van der Waals surface area contributed by atoms with Crippen LogP contribution in [0.2, 0.25) is 10.0 Å². The second-order valence-electron chi connectivity index (χ2n) is 6.62. The topological polar surface area (TPSA) is 100 Å². The van der Waals surface area contributed by atoms with E-state index in [1.807, 2.05) is 0 Å². The van der Waals surface area contributed by atoms with E-state index in [2.05, 4.69) is 20.8 Å². The van der Waals surface area contributed by atoms with Crippen LogP contribution in [0, 0.1) is 5.82 Å². The zero-order valence-corrected chi connectivity index (χ0v) is 19.8. The number of anilines is 1. The van der Waals surface area contributed by atoms with Gasteiger partial charge in [0, 0.05) is 24.5 Å². The van der Waals surface area contributed by atoms with Crippen LogP contribution < -0.4 is 15.8 Å². The molecular weight excluding hydrogens is 474 g/mol. The van der Waals surface area contributed by atoms with Crippen molar-refractivity contribution in [2.24, 2.45) is 5.73 Å². The van der Waals surface area contributed by atoms with E-state index >= 15 is 0 Å². The van der Waals surface area contributed by atoms with Gasteiger partial charge in [0.1, 0.15) is 5.82 Å². The lowest BCUT2D eigenvalue weighted by Crippen LogP contribution is -2.21. The van der Waals surface area contributed by atoms with Crippen LogP contribution in [0.1, 0.15) is 36.0 Å². The van der Waals surface area contributed by atoms with Gasteiger partial charge in [0.2, 0.25) is 5.91 Å². The monoisotopic (exact) mass is 498 g/mol. The molecule has 1 aromatic heterocycles. The summed E-state index contributed by atoms with van der Waals surface area (Å²) in [6.07, 6.45) is 6.31. The summed E-state index contributed by atoms with van der Waals surface area (Å²) in [6, 6.07) is 8.13. The molecule has 0 aliphatic carbocycles. The van der Waals surface area contributed by atoms with E-state index in [0.717, 1.165) is 43.3 Å². The van der Waals surface area contributed by atoms with Crippen molar-refractivity contribution in [2.45, 2.75) is 30.6 Å². The van der Waals surface area contributed by atoms with Crippen LogP contribution in [0.25, 0.3) is 10.9 Å². The summed E-state index contributed by atoms with van der Waals surface area (Å²) in [5.74, 6) is -0.327. The third-order valence-corrected chi connectivity index (χ3v) is 6.00. The Labute approximate surface area is 200 Å². The van der Waals surface area contributed by atoms with Gasteiger partial charge in [-0.15, -0.1) is 0 Å². The van der Waals surface area contributed by atoms with Crippen molar-refractivity contribution in [3.63, 3.8) is 0 Å². The summed E-state index contributed by atoms with van der Waals surface area (Å²) in [6.45, 7) is 0.888. The smallest absolute Gasteiger partial charge is 0.219 e. The number of rotatable bonds is 4. The van der Waals surface area contributed by atoms with Gasteiger partial charge in [0.25, 0.3) is 0 Å². The molecule has 1 aliphatic heterocycles. The molecule has 172 valence electrons. The van der Waals surface area contributed by atoms with E-state index in [1.165, 1.54) is 19.5 Å². The standard InChI is InChI=1S/C15H9Cl2FN2OS.C6H11NO.CH5N/c16-9-4-5-11(15-13(9)10(17)6-19-15)20-22-12-3-1-2-8(7-21)14(12)18;8-6-4-2-1-3-5-7-6;1-2/h1-7,19-20H;1-5H2,(H,7,8);2H2,1H3. The fourth-order valence-corrected chi connectivity index (χ4v) is 4.27. The molecule has 0 spiro atoms. The summed E-state index contributed by atoms with van der Waals surface area (Å²) in [7, 11) is 1.50. The van der Waals surface area contributed by atoms with Gasteiger partial charge in [0.15, 0.2) is 6.29 Å². The molecule has 0 saturated carbocycles. The van der Waals surface area contributed by atoms with Gasteiger partial charge in [0.05, 0.1) is 31.7 Å². The molecule has 2 aromatic carbocycles. The molecule has 1 amide bonds. The van der Waals surface area contributed by atoms with E-state index in [9.17, 15) is 14.0 Å². The third-order valence-electron chi connectivity index (χ3n) is 4.53. The molecule has 3 aromatic rings. The van der Waals surface area contributed by atoms with Crippen LogP contribution in [0.5, 0.6) is 0 Å². The van der Waals surface area contributed by atoms with Gasteiger partial charge in [-0.1, -0.05) is 35.7 Å². The first kappa shape index (κ1) is 26.0. The second kappa shape index (κ2) is 13.3. The Morgan fingerprint density at radius 2 is 1.91 bits per heavy atom. The molecule has 0 bridgehead atoms. The zero-order valence-electron chi connectivity index (χ0n) is 17.5. The van der Waals surface area contributed by atoms with Crippen LogP contribution in [0.15, 0.2) is 41.4 Å². The first-order chi connectivity index (χ1) is 15.5. The Balaban J connectivity index is 0.000000304. The minimum absolute atomic E-state index is 0.0240.